The normalized spacial score (nSPS) is 41.0. The number of hydrogen-bond acceptors (Lipinski definition) is 8. The number of amides is 1. The van der Waals surface area contributed by atoms with Crippen molar-refractivity contribution in [2.45, 2.75) is 74.7 Å². The number of nitrogens with zero attached hydrogens (tertiary/aromatic N) is 1. The van der Waals surface area contributed by atoms with Gasteiger partial charge in [0.15, 0.2) is 0 Å². The number of aliphatic hydroxyl groups excluding tert-OH is 4. The first-order chi connectivity index (χ1) is 12.2. The van der Waals surface area contributed by atoms with Gasteiger partial charge in [-0.2, -0.15) is 0 Å². The summed E-state index contributed by atoms with van der Waals surface area (Å²) in [4.78, 5) is 14.8. The summed E-state index contributed by atoms with van der Waals surface area (Å²) in [5.41, 5.74) is -0.754. The van der Waals surface area contributed by atoms with Crippen LogP contribution in [0.1, 0.15) is 26.7 Å². The van der Waals surface area contributed by atoms with E-state index in [9.17, 15) is 25.2 Å². The zero-order valence-electron chi connectivity index (χ0n) is 15.8. The van der Waals surface area contributed by atoms with E-state index < -0.39 is 42.0 Å². The van der Waals surface area contributed by atoms with Gasteiger partial charge < -0.3 is 30.5 Å². The first-order valence-corrected chi connectivity index (χ1v) is 10.4. The summed E-state index contributed by atoms with van der Waals surface area (Å²) in [6, 6.07) is -1.20. The average Bonchev–Trinajstić information content (AvgIpc) is 2.99. The molecule has 0 aromatic heterocycles. The fraction of sp³-hybridized carbons (Fsp3) is 0.941. The van der Waals surface area contributed by atoms with Gasteiger partial charge in [-0.25, -0.2) is 0 Å². The van der Waals surface area contributed by atoms with E-state index in [0.717, 1.165) is 19.4 Å². The van der Waals surface area contributed by atoms with E-state index in [-0.39, 0.29) is 11.9 Å². The average molecular weight is 393 g/mol. The van der Waals surface area contributed by atoms with Crippen LogP contribution in [0.2, 0.25) is 0 Å². The second kappa shape index (κ2) is 9.18. The Labute approximate surface area is 158 Å². The largest absolute Gasteiger partial charge is 0.391 e. The molecule has 0 unspecified atom stereocenters. The molecule has 0 spiro atoms. The second-order valence-electron chi connectivity index (χ2n) is 7.42. The molecule has 2 rings (SSSR count). The molecule has 152 valence electrons. The van der Waals surface area contributed by atoms with E-state index in [2.05, 4.69) is 12.2 Å². The maximum absolute atomic E-state index is 12.8. The molecular weight excluding hydrogens is 360 g/mol. The molecule has 2 saturated heterocycles. The molecule has 26 heavy (non-hydrogen) atoms. The van der Waals surface area contributed by atoms with Crippen LogP contribution in [-0.4, -0.2) is 99.1 Å². The number of nitrogens with one attached hydrogen (secondary N) is 1. The van der Waals surface area contributed by atoms with E-state index >= 15 is 0 Å². The molecule has 8 nitrogen and oxygen atoms in total. The van der Waals surface area contributed by atoms with Gasteiger partial charge in [0.1, 0.15) is 29.9 Å². The van der Waals surface area contributed by atoms with E-state index in [1.807, 2.05) is 11.9 Å². The summed E-state index contributed by atoms with van der Waals surface area (Å²) in [6.07, 6.45) is -2.65. The lowest BCUT2D eigenvalue weighted by Gasteiger charge is -2.44. The van der Waals surface area contributed by atoms with E-state index in [4.69, 9.17) is 4.74 Å². The smallest absolute Gasteiger partial charge is 0.237 e. The molecule has 0 radical (unpaired) electrons. The van der Waals surface area contributed by atoms with Crippen molar-refractivity contribution in [1.29, 1.82) is 0 Å². The maximum atomic E-state index is 12.8. The minimum atomic E-state index is -1.42. The van der Waals surface area contributed by atoms with Crippen molar-refractivity contribution in [3.63, 3.8) is 0 Å². The first kappa shape index (κ1) is 21.9. The van der Waals surface area contributed by atoms with Gasteiger partial charge in [0.05, 0.1) is 18.2 Å². The predicted molar refractivity (Wildman–Crippen MR) is 98.6 cm³/mol. The highest BCUT2D eigenvalue weighted by Crippen LogP contribution is 2.30. The Morgan fingerprint density at radius 1 is 1.31 bits per heavy atom. The van der Waals surface area contributed by atoms with Gasteiger partial charge in [0.25, 0.3) is 0 Å². The lowest BCUT2D eigenvalue weighted by atomic mass is 9.92. The second-order valence-corrected chi connectivity index (χ2v) is 8.35. The van der Waals surface area contributed by atoms with Crippen molar-refractivity contribution in [3.05, 3.63) is 0 Å². The van der Waals surface area contributed by atoms with Crippen molar-refractivity contribution < 1.29 is 30.0 Å². The number of carbonyl (C=O) groups excluding carboxylic acids is 1. The monoisotopic (exact) mass is 392 g/mol. The van der Waals surface area contributed by atoms with Crippen molar-refractivity contribution in [2.75, 3.05) is 19.8 Å². The summed E-state index contributed by atoms with van der Waals surface area (Å²) >= 11 is 1.19. The molecule has 9 atom stereocenters. The van der Waals surface area contributed by atoms with Crippen LogP contribution in [0.5, 0.6) is 0 Å². The van der Waals surface area contributed by atoms with Gasteiger partial charge in [-0.05, 0) is 32.6 Å². The SMILES string of the molecule is CC[C@H]1C[C@H](C(=O)N[C@@H]([C@H]2O[C@H](SC)[C@@H](O)[C@H](O)[C@H]2O)[C@@H](C)O)N(C)C1. The number of hydrogen-bond donors (Lipinski definition) is 5. The highest BCUT2D eigenvalue weighted by molar-refractivity contribution is 7.99. The third-order valence-electron chi connectivity index (χ3n) is 5.54. The van der Waals surface area contributed by atoms with Gasteiger partial charge in [0, 0.05) is 6.54 Å². The van der Waals surface area contributed by atoms with Crippen molar-refractivity contribution in [1.82, 2.24) is 10.2 Å². The quantitative estimate of drug-likeness (QED) is 0.380. The molecule has 2 aliphatic heterocycles. The van der Waals surface area contributed by atoms with Crippen LogP contribution in [-0.2, 0) is 9.53 Å². The van der Waals surface area contributed by atoms with Gasteiger partial charge in [-0.3, -0.25) is 9.69 Å². The van der Waals surface area contributed by atoms with Gasteiger partial charge in [-0.1, -0.05) is 13.3 Å². The third kappa shape index (κ3) is 4.52. The number of aliphatic hydroxyl groups is 4. The number of ether oxygens (including phenoxy) is 1. The number of likely N-dealkylation sites (tertiary alicyclic amines) is 1. The summed E-state index contributed by atoms with van der Waals surface area (Å²) in [5, 5.41) is 43.4. The summed E-state index contributed by atoms with van der Waals surface area (Å²) < 4.78 is 5.70. The first-order valence-electron chi connectivity index (χ1n) is 9.12. The highest BCUT2D eigenvalue weighted by Gasteiger charge is 2.48. The molecule has 1 amide bonds. The molecule has 0 aromatic rings. The molecule has 2 fully saturated rings. The van der Waals surface area contributed by atoms with E-state index in [1.165, 1.54) is 18.7 Å². The van der Waals surface area contributed by atoms with Gasteiger partial charge >= 0.3 is 0 Å². The molecule has 0 aromatic carbocycles. The Hall–Kier alpha value is -0.420. The fourth-order valence-electron chi connectivity index (χ4n) is 3.81. The van der Waals surface area contributed by atoms with Crippen molar-refractivity contribution >= 4 is 17.7 Å². The van der Waals surface area contributed by atoms with Crippen LogP contribution < -0.4 is 5.32 Å². The molecule has 0 aliphatic carbocycles. The summed E-state index contributed by atoms with van der Waals surface area (Å²) in [5.74, 6) is 0.224. The highest BCUT2D eigenvalue weighted by atomic mass is 32.2. The predicted octanol–water partition coefficient (Wildman–Crippen LogP) is -1.25. The minimum absolute atomic E-state index is 0.230. The molecule has 5 N–H and O–H groups in total. The van der Waals surface area contributed by atoms with Crippen LogP contribution in [0.4, 0.5) is 0 Å². The lowest BCUT2D eigenvalue weighted by Crippen LogP contribution is -2.65. The van der Waals surface area contributed by atoms with Crippen LogP contribution >= 0.6 is 11.8 Å². The van der Waals surface area contributed by atoms with Crippen LogP contribution in [0, 0.1) is 5.92 Å². The zero-order valence-corrected chi connectivity index (χ0v) is 16.6. The molecular formula is C17H32N2O6S. The zero-order chi connectivity index (χ0) is 19.6. The molecule has 0 bridgehead atoms. The molecule has 2 aliphatic rings. The Kier molecular flexibility index (Phi) is 7.73. The lowest BCUT2D eigenvalue weighted by molar-refractivity contribution is -0.211. The minimum Gasteiger partial charge on any atom is -0.391 e. The van der Waals surface area contributed by atoms with Crippen LogP contribution in [0.3, 0.4) is 0 Å². The van der Waals surface area contributed by atoms with Crippen molar-refractivity contribution in [2.24, 2.45) is 5.92 Å². The number of rotatable bonds is 6. The standard InChI is InChI=1S/C17H32N2O6S/c1-5-9-6-10(19(3)7-9)16(24)18-11(8(2)20)15-13(22)12(21)14(23)17(25-15)26-4/h8-15,17,20-23H,5-7H2,1-4H3,(H,18,24)/t8-,9+,10-,11-,12-,13-,14+,15-,17-/m1/s1. The Morgan fingerprint density at radius 2 is 1.96 bits per heavy atom. The molecule has 0 saturated carbocycles. The van der Waals surface area contributed by atoms with E-state index in [1.54, 1.807) is 6.26 Å². The number of likely N-dealkylation sites (N-methyl/N-ethyl adjacent to an activating group) is 1. The Balaban J connectivity index is 2.11. The van der Waals surface area contributed by atoms with Crippen LogP contribution in [0.15, 0.2) is 0 Å². The van der Waals surface area contributed by atoms with E-state index in [0.29, 0.717) is 5.92 Å². The topological polar surface area (TPSA) is 122 Å². The third-order valence-corrected chi connectivity index (χ3v) is 6.39. The fourth-order valence-corrected chi connectivity index (χ4v) is 4.49. The summed E-state index contributed by atoms with van der Waals surface area (Å²) in [6.45, 7) is 4.44. The Morgan fingerprint density at radius 3 is 2.46 bits per heavy atom. The molecule has 9 heteroatoms. The Bertz CT molecular complexity index is 480. The van der Waals surface area contributed by atoms with Gasteiger partial charge in [0.2, 0.25) is 5.91 Å². The van der Waals surface area contributed by atoms with Crippen molar-refractivity contribution in [3.8, 4) is 0 Å². The summed E-state index contributed by atoms with van der Waals surface area (Å²) in [7, 11) is 1.90. The number of carbonyl (C=O) groups is 1. The van der Waals surface area contributed by atoms with Crippen LogP contribution in [0.25, 0.3) is 0 Å². The molecule has 2 heterocycles. The maximum Gasteiger partial charge on any atom is 0.237 e. The van der Waals surface area contributed by atoms with Gasteiger partial charge in [-0.15, -0.1) is 11.8 Å². The number of thioether (sulfide) groups is 1.